The number of amides is 1. The summed E-state index contributed by atoms with van der Waals surface area (Å²) in [5.41, 5.74) is -0.473. The van der Waals surface area contributed by atoms with Crippen LogP contribution in [0, 0.1) is 10.1 Å². The minimum absolute atomic E-state index is 0.0289. The van der Waals surface area contributed by atoms with Crippen LogP contribution in [0.5, 0.6) is 5.75 Å². The molecular weight excluding hydrogens is 268 g/mol. The van der Waals surface area contributed by atoms with Crippen molar-refractivity contribution in [2.45, 2.75) is 18.9 Å². The first-order chi connectivity index (χ1) is 9.41. The van der Waals surface area contributed by atoms with Crippen LogP contribution in [0.1, 0.15) is 23.2 Å². The van der Waals surface area contributed by atoms with Gasteiger partial charge in [-0.05, 0) is 25.0 Å². The fourth-order valence-corrected chi connectivity index (χ4v) is 2.24. The predicted octanol–water partition coefficient (Wildman–Crippen LogP) is 0.990. The van der Waals surface area contributed by atoms with E-state index in [0.29, 0.717) is 19.4 Å². The van der Waals surface area contributed by atoms with E-state index in [0.717, 1.165) is 12.1 Å². The Kier molecular flexibility index (Phi) is 3.55. The summed E-state index contributed by atoms with van der Waals surface area (Å²) in [6.45, 7) is 0.313. The van der Waals surface area contributed by atoms with Gasteiger partial charge in [-0.1, -0.05) is 0 Å². The van der Waals surface area contributed by atoms with Crippen molar-refractivity contribution in [2.75, 3.05) is 6.54 Å². The van der Waals surface area contributed by atoms with Gasteiger partial charge in [-0.3, -0.25) is 14.9 Å². The first kappa shape index (κ1) is 13.8. The van der Waals surface area contributed by atoms with E-state index in [-0.39, 0.29) is 5.56 Å². The third kappa shape index (κ3) is 2.40. The van der Waals surface area contributed by atoms with E-state index in [4.69, 9.17) is 5.11 Å². The molecule has 8 nitrogen and oxygen atoms in total. The zero-order valence-electron chi connectivity index (χ0n) is 10.4. The van der Waals surface area contributed by atoms with Crippen molar-refractivity contribution in [3.63, 3.8) is 0 Å². The summed E-state index contributed by atoms with van der Waals surface area (Å²) in [4.78, 5) is 34.2. The molecule has 1 saturated heterocycles. The minimum atomic E-state index is -1.08. The van der Waals surface area contributed by atoms with Crippen LogP contribution < -0.4 is 0 Å². The molecule has 2 rings (SSSR count). The lowest BCUT2D eigenvalue weighted by Gasteiger charge is -2.21. The molecule has 2 N–H and O–H groups in total. The second-order valence-corrected chi connectivity index (χ2v) is 4.46. The number of carbonyl (C=O) groups excluding carboxylic acids is 1. The van der Waals surface area contributed by atoms with Gasteiger partial charge in [-0.15, -0.1) is 0 Å². The highest BCUT2D eigenvalue weighted by atomic mass is 16.6. The van der Waals surface area contributed by atoms with Gasteiger partial charge in [0.15, 0.2) is 5.75 Å². The third-order valence-electron chi connectivity index (χ3n) is 3.22. The molecule has 1 unspecified atom stereocenters. The molecule has 0 aliphatic carbocycles. The molecule has 8 heteroatoms. The Labute approximate surface area is 113 Å². The number of aromatic hydroxyl groups is 1. The third-order valence-corrected chi connectivity index (χ3v) is 3.22. The summed E-state index contributed by atoms with van der Waals surface area (Å²) in [6, 6.07) is 2.32. The Balaban J connectivity index is 2.27. The number of benzene rings is 1. The predicted molar refractivity (Wildman–Crippen MR) is 66.5 cm³/mol. The number of phenolic OH excluding ortho intramolecular Hbond substituents is 1. The molecule has 1 aromatic rings. The van der Waals surface area contributed by atoms with Gasteiger partial charge in [0.25, 0.3) is 5.91 Å². The van der Waals surface area contributed by atoms with Crippen molar-refractivity contribution in [2.24, 2.45) is 0 Å². The molecule has 1 aliphatic rings. The lowest BCUT2D eigenvalue weighted by Crippen LogP contribution is -2.40. The number of hydrogen-bond donors (Lipinski definition) is 2. The van der Waals surface area contributed by atoms with Crippen LogP contribution in [0.2, 0.25) is 0 Å². The molecule has 0 saturated carbocycles. The number of likely N-dealkylation sites (tertiary alicyclic amines) is 1. The lowest BCUT2D eigenvalue weighted by atomic mass is 10.1. The smallest absolute Gasteiger partial charge is 0.326 e. The van der Waals surface area contributed by atoms with Crippen LogP contribution >= 0.6 is 0 Å². The molecule has 1 heterocycles. The normalized spacial score (nSPS) is 18.0. The van der Waals surface area contributed by atoms with Crippen LogP contribution in [0.4, 0.5) is 5.69 Å². The number of carboxylic acids is 1. The largest absolute Gasteiger partial charge is 0.502 e. The number of carbonyl (C=O) groups is 2. The Morgan fingerprint density at radius 1 is 1.40 bits per heavy atom. The Bertz CT molecular complexity index is 585. The molecule has 1 fully saturated rings. The average molecular weight is 280 g/mol. The van der Waals surface area contributed by atoms with Gasteiger partial charge in [-0.2, -0.15) is 0 Å². The molecule has 20 heavy (non-hydrogen) atoms. The summed E-state index contributed by atoms with van der Waals surface area (Å²) < 4.78 is 0. The monoisotopic (exact) mass is 280 g/mol. The number of carboxylic acid groups (broad SMARTS) is 1. The van der Waals surface area contributed by atoms with Crippen molar-refractivity contribution >= 4 is 17.6 Å². The summed E-state index contributed by atoms with van der Waals surface area (Å²) in [7, 11) is 0. The maximum atomic E-state index is 12.2. The molecule has 106 valence electrons. The van der Waals surface area contributed by atoms with Crippen LogP contribution in [0.3, 0.4) is 0 Å². The van der Waals surface area contributed by atoms with E-state index in [1.54, 1.807) is 0 Å². The number of nitro groups is 1. The number of hydrogen-bond acceptors (Lipinski definition) is 5. The summed E-state index contributed by atoms with van der Waals surface area (Å²) in [6.07, 6.45) is 0.960. The zero-order valence-corrected chi connectivity index (χ0v) is 10.4. The van der Waals surface area contributed by atoms with E-state index in [1.165, 1.54) is 11.0 Å². The quantitative estimate of drug-likeness (QED) is 0.629. The topological polar surface area (TPSA) is 121 Å². The summed E-state index contributed by atoms with van der Waals surface area (Å²) in [5.74, 6) is -2.26. The van der Waals surface area contributed by atoms with E-state index in [2.05, 4.69) is 0 Å². The fourth-order valence-electron chi connectivity index (χ4n) is 2.24. The molecule has 1 aromatic carbocycles. The van der Waals surface area contributed by atoms with Gasteiger partial charge in [0.05, 0.1) is 4.92 Å². The Morgan fingerprint density at radius 3 is 2.65 bits per heavy atom. The second kappa shape index (κ2) is 5.16. The highest BCUT2D eigenvalue weighted by molar-refractivity contribution is 5.97. The van der Waals surface area contributed by atoms with Gasteiger partial charge in [0, 0.05) is 18.2 Å². The SMILES string of the molecule is O=C(O)C1CCCN1C(=O)c1ccc([N+](=O)[O-])c(O)c1. The van der Waals surface area contributed by atoms with Gasteiger partial charge >= 0.3 is 11.7 Å². The number of nitrogens with zero attached hydrogens (tertiary/aromatic N) is 2. The van der Waals surface area contributed by atoms with Crippen molar-refractivity contribution in [3.8, 4) is 5.75 Å². The second-order valence-electron chi connectivity index (χ2n) is 4.46. The maximum absolute atomic E-state index is 12.2. The van der Waals surface area contributed by atoms with E-state index >= 15 is 0 Å². The summed E-state index contributed by atoms with van der Waals surface area (Å²) in [5, 5.41) is 29.1. The Hall–Kier alpha value is -2.64. The maximum Gasteiger partial charge on any atom is 0.326 e. The van der Waals surface area contributed by atoms with Gasteiger partial charge < -0.3 is 15.1 Å². The van der Waals surface area contributed by atoms with Crippen molar-refractivity contribution in [3.05, 3.63) is 33.9 Å². The Morgan fingerprint density at radius 2 is 2.10 bits per heavy atom. The van der Waals surface area contributed by atoms with Crippen LogP contribution in [0.15, 0.2) is 18.2 Å². The molecule has 1 atom stereocenters. The first-order valence-corrected chi connectivity index (χ1v) is 5.93. The number of aliphatic carboxylic acids is 1. The first-order valence-electron chi connectivity index (χ1n) is 5.93. The molecule has 0 aromatic heterocycles. The van der Waals surface area contributed by atoms with Gasteiger partial charge in [0.2, 0.25) is 0 Å². The highest BCUT2D eigenvalue weighted by Crippen LogP contribution is 2.28. The molecule has 0 spiro atoms. The van der Waals surface area contributed by atoms with E-state index in [9.17, 15) is 24.8 Å². The van der Waals surface area contributed by atoms with E-state index < -0.39 is 34.3 Å². The zero-order chi connectivity index (χ0) is 14.9. The number of phenols is 1. The van der Waals surface area contributed by atoms with Crippen LogP contribution in [-0.4, -0.2) is 44.5 Å². The van der Waals surface area contributed by atoms with Crippen LogP contribution in [-0.2, 0) is 4.79 Å². The van der Waals surface area contributed by atoms with E-state index in [1.807, 2.05) is 0 Å². The molecule has 1 aliphatic heterocycles. The fraction of sp³-hybridized carbons (Fsp3) is 0.333. The van der Waals surface area contributed by atoms with Crippen molar-refractivity contribution < 1.29 is 24.7 Å². The standard InChI is InChI=1S/C12H12N2O6/c15-10-6-7(3-4-8(10)14(19)20)11(16)13-5-1-2-9(13)12(17)18/h3-4,6,9,15H,1-2,5H2,(H,17,18). The van der Waals surface area contributed by atoms with Crippen molar-refractivity contribution in [1.29, 1.82) is 0 Å². The molecule has 1 amide bonds. The van der Waals surface area contributed by atoms with Crippen LogP contribution in [0.25, 0.3) is 0 Å². The molecule has 0 radical (unpaired) electrons. The molecular formula is C12H12N2O6. The highest BCUT2D eigenvalue weighted by Gasteiger charge is 2.34. The summed E-state index contributed by atoms with van der Waals surface area (Å²) >= 11 is 0. The van der Waals surface area contributed by atoms with Crippen molar-refractivity contribution in [1.82, 2.24) is 4.90 Å². The number of rotatable bonds is 3. The lowest BCUT2D eigenvalue weighted by molar-refractivity contribution is -0.385. The van der Waals surface area contributed by atoms with Gasteiger partial charge in [0.1, 0.15) is 6.04 Å². The average Bonchev–Trinajstić information content (AvgIpc) is 2.86. The molecule has 0 bridgehead atoms. The number of nitro benzene ring substituents is 1. The van der Waals surface area contributed by atoms with Gasteiger partial charge in [-0.25, -0.2) is 4.79 Å². The minimum Gasteiger partial charge on any atom is -0.502 e.